The number of anilines is 1. The molecule has 2 aromatic rings. The van der Waals surface area contributed by atoms with Crippen molar-refractivity contribution in [1.82, 2.24) is 4.98 Å². The van der Waals surface area contributed by atoms with Crippen molar-refractivity contribution in [2.45, 2.75) is 32.3 Å². The summed E-state index contributed by atoms with van der Waals surface area (Å²) in [6, 6.07) is 11.5. The Kier molecular flexibility index (Phi) is 3.38. The molecule has 5 nitrogen and oxygen atoms in total. The fraction of sp³-hybridized carbons (Fsp3) is 0.294. The summed E-state index contributed by atoms with van der Waals surface area (Å²) in [5, 5.41) is 11.7. The van der Waals surface area contributed by atoms with Crippen LogP contribution >= 0.6 is 0 Å². The van der Waals surface area contributed by atoms with Crippen molar-refractivity contribution in [3.05, 3.63) is 41.6 Å². The molecule has 1 aliphatic rings. The molecule has 1 aromatic carbocycles. The Morgan fingerprint density at radius 3 is 2.64 bits per heavy atom. The van der Waals surface area contributed by atoms with E-state index in [2.05, 4.69) is 16.4 Å². The third kappa shape index (κ3) is 2.13. The minimum Gasteiger partial charge on any atom is -0.438 e. The number of fused-ring (bicyclic) bond motifs is 1. The third-order valence-corrected chi connectivity index (χ3v) is 4.29. The SMILES string of the molecule is CCC1(CC)OC(=O)Nc2ccc(-c3ccc(C#N)[nH]3)cc21. The van der Waals surface area contributed by atoms with Gasteiger partial charge in [-0.1, -0.05) is 19.9 Å². The number of nitrogens with one attached hydrogen (secondary N) is 2. The zero-order chi connectivity index (χ0) is 15.7. The number of amides is 1. The molecule has 112 valence electrons. The average molecular weight is 295 g/mol. The fourth-order valence-corrected chi connectivity index (χ4v) is 2.97. The summed E-state index contributed by atoms with van der Waals surface area (Å²) in [7, 11) is 0. The molecular weight excluding hydrogens is 278 g/mol. The van der Waals surface area contributed by atoms with Gasteiger partial charge < -0.3 is 9.72 Å². The maximum absolute atomic E-state index is 11.8. The molecule has 0 atom stereocenters. The quantitative estimate of drug-likeness (QED) is 0.893. The van der Waals surface area contributed by atoms with E-state index >= 15 is 0 Å². The van der Waals surface area contributed by atoms with Crippen molar-refractivity contribution in [2.24, 2.45) is 0 Å². The van der Waals surface area contributed by atoms with Gasteiger partial charge in [0.25, 0.3) is 0 Å². The number of nitriles is 1. The zero-order valence-corrected chi connectivity index (χ0v) is 12.6. The highest BCUT2D eigenvalue weighted by Crippen LogP contribution is 2.42. The second kappa shape index (κ2) is 5.23. The first kappa shape index (κ1) is 14.2. The van der Waals surface area contributed by atoms with E-state index < -0.39 is 11.7 Å². The molecule has 0 saturated carbocycles. The van der Waals surface area contributed by atoms with Gasteiger partial charge >= 0.3 is 6.09 Å². The van der Waals surface area contributed by atoms with Gasteiger partial charge in [0.1, 0.15) is 17.4 Å². The molecule has 0 aliphatic carbocycles. The standard InChI is InChI=1S/C17H17N3O2/c1-3-17(4-2)13-9-11(14-8-6-12(10-18)19-14)5-7-15(13)20-16(21)22-17/h5-9,19H,3-4H2,1-2H3,(H,20,21). The lowest BCUT2D eigenvalue weighted by Gasteiger charge is -2.37. The predicted molar refractivity (Wildman–Crippen MR) is 83.3 cm³/mol. The maximum atomic E-state index is 11.8. The van der Waals surface area contributed by atoms with Gasteiger partial charge in [-0.25, -0.2) is 4.79 Å². The number of aromatic amines is 1. The van der Waals surface area contributed by atoms with Crippen LogP contribution in [0.1, 0.15) is 37.9 Å². The van der Waals surface area contributed by atoms with Gasteiger partial charge in [-0.15, -0.1) is 0 Å². The first-order valence-electron chi connectivity index (χ1n) is 7.36. The minimum atomic E-state index is -0.599. The average Bonchev–Trinajstić information content (AvgIpc) is 3.02. The van der Waals surface area contributed by atoms with E-state index in [-0.39, 0.29) is 0 Å². The lowest BCUT2D eigenvalue weighted by molar-refractivity contribution is 0.00476. The number of cyclic esters (lactones) is 1. The van der Waals surface area contributed by atoms with Crippen LogP contribution in [-0.4, -0.2) is 11.1 Å². The van der Waals surface area contributed by atoms with Crippen molar-refractivity contribution in [2.75, 3.05) is 5.32 Å². The lowest BCUT2D eigenvalue weighted by atomic mass is 9.85. The second-order valence-corrected chi connectivity index (χ2v) is 5.37. The number of rotatable bonds is 3. The van der Waals surface area contributed by atoms with E-state index in [1.807, 2.05) is 38.1 Å². The summed E-state index contributed by atoms with van der Waals surface area (Å²) in [6.07, 6.45) is 1.01. The Hall–Kier alpha value is -2.74. The van der Waals surface area contributed by atoms with Crippen LogP contribution in [0.3, 0.4) is 0 Å². The predicted octanol–water partition coefficient (Wildman–Crippen LogP) is 4.13. The topological polar surface area (TPSA) is 77.9 Å². The van der Waals surface area contributed by atoms with Crippen molar-refractivity contribution < 1.29 is 9.53 Å². The van der Waals surface area contributed by atoms with Gasteiger partial charge in [-0.05, 0) is 42.7 Å². The van der Waals surface area contributed by atoms with Gasteiger partial charge in [0.05, 0.1) is 5.69 Å². The van der Waals surface area contributed by atoms with Gasteiger partial charge in [-0.2, -0.15) is 5.26 Å². The molecule has 0 spiro atoms. The molecule has 0 saturated heterocycles. The van der Waals surface area contributed by atoms with Crippen molar-refractivity contribution in [3.8, 4) is 17.3 Å². The highest BCUT2D eigenvalue weighted by atomic mass is 16.6. The molecule has 3 rings (SSSR count). The number of hydrogen-bond acceptors (Lipinski definition) is 3. The number of hydrogen-bond donors (Lipinski definition) is 2. The molecule has 5 heteroatoms. The largest absolute Gasteiger partial charge is 0.438 e. The van der Waals surface area contributed by atoms with Crippen LogP contribution in [0.15, 0.2) is 30.3 Å². The number of aromatic nitrogens is 1. The lowest BCUT2D eigenvalue weighted by Crippen LogP contribution is -2.38. The molecule has 1 amide bonds. The molecule has 2 heterocycles. The van der Waals surface area contributed by atoms with E-state index in [1.54, 1.807) is 6.07 Å². The Morgan fingerprint density at radius 2 is 2.00 bits per heavy atom. The second-order valence-electron chi connectivity index (χ2n) is 5.37. The highest BCUT2D eigenvalue weighted by molar-refractivity contribution is 5.89. The number of ether oxygens (including phenoxy) is 1. The molecule has 1 aliphatic heterocycles. The highest BCUT2D eigenvalue weighted by Gasteiger charge is 2.39. The monoisotopic (exact) mass is 295 g/mol. The van der Waals surface area contributed by atoms with Gasteiger partial charge in [0.15, 0.2) is 0 Å². The van der Waals surface area contributed by atoms with E-state index in [1.165, 1.54) is 0 Å². The summed E-state index contributed by atoms with van der Waals surface area (Å²) in [5.41, 5.74) is 3.52. The van der Waals surface area contributed by atoms with Gasteiger partial charge in [0.2, 0.25) is 0 Å². The maximum Gasteiger partial charge on any atom is 0.412 e. The van der Waals surface area contributed by atoms with Crippen LogP contribution < -0.4 is 5.32 Å². The summed E-state index contributed by atoms with van der Waals surface area (Å²) in [5.74, 6) is 0. The summed E-state index contributed by atoms with van der Waals surface area (Å²) >= 11 is 0. The van der Waals surface area contributed by atoms with Gasteiger partial charge in [0, 0.05) is 11.3 Å². The first-order valence-corrected chi connectivity index (χ1v) is 7.36. The van der Waals surface area contributed by atoms with E-state index in [9.17, 15) is 4.79 Å². The van der Waals surface area contributed by atoms with Crippen LogP contribution in [-0.2, 0) is 10.3 Å². The molecular formula is C17H17N3O2. The number of H-pyrrole nitrogens is 1. The summed E-state index contributed by atoms with van der Waals surface area (Å²) < 4.78 is 5.60. The smallest absolute Gasteiger partial charge is 0.412 e. The van der Waals surface area contributed by atoms with Crippen LogP contribution in [0.4, 0.5) is 10.5 Å². The van der Waals surface area contributed by atoms with Crippen molar-refractivity contribution in [3.63, 3.8) is 0 Å². The minimum absolute atomic E-state index is 0.407. The Labute approximate surface area is 128 Å². The van der Waals surface area contributed by atoms with E-state index in [0.29, 0.717) is 18.5 Å². The molecule has 0 radical (unpaired) electrons. The molecule has 2 N–H and O–H groups in total. The summed E-state index contributed by atoms with van der Waals surface area (Å²) in [4.78, 5) is 14.8. The molecule has 0 bridgehead atoms. The van der Waals surface area contributed by atoms with Gasteiger partial charge in [-0.3, -0.25) is 5.32 Å². The van der Waals surface area contributed by atoms with Crippen LogP contribution in [0, 0.1) is 11.3 Å². The van der Waals surface area contributed by atoms with Crippen molar-refractivity contribution in [1.29, 1.82) is 5.26 Å². The van der Waals surface area contributed by atoms with Crippen molar-refractivity contribution >= 4 is 11.8 Å². The Bertz CT molecular complexity index is 766. The molecule has 1 aromatic heterocycles. The normalized spacial score (nSPS) is 15.4. The number of nitrogens with zero attached hydrogens (tertiary/aromatic N) is 1. The number of carbonyl (C=O) groups is 1. The molecule has 0 fully saturated rings. The zero-order valence-electron chi connectivity index (χ0n) is 12.6. The van der Waals surface area contributed by atoms with E-state index in [4.69, 9.17) is 10.00 Å². The van der Waals surface area contributed by atoms with E-state index in [0.717, 1.165) is 22.5 Å². The van der Waals surface area contributed by atoms with Crippen LogP contribution in [0.5, 0.6) is 0 Å². The number of carbonyl (C=O) groups excluding carboxylic acids is 1. The first-order chi connectivity index (χ1) is 10.6. The Morgan fingerprint density at radius 1 is 1.23 bits per heavy atom. The fourth-order valence-electron chi connectivity index (χ4n) is 2.97. The van der Waals surface area contributed by atoms with Crippen LogP contribution in [0.2, 0.25) is 0 Å². The molecule has 22 heavy (non-hydrogen) atoms. The summed E-state index contributed by atoms with van der Waals surface area (Å²) in [6.45, 7) is 4.03. The Balaban J connectivity index is 2.12. The number of benzene rings is 1. The van der Waals surface area contributed by atoms with Crippen LogP contribution in [0.25, 0.3) is 11.3 Å². The molecule has 0 unspecified atom stereocenters. The third-order valence-electron chi connectivity index (χ3n) is 4.29.